The molecule has 3 aliphatic rings. The molecule has 9 nitrogen and oxygen atoms in total. The monoisotopic (exact) mass is 466 g/mol. The van der Waals surface area contributed by atoms with E-state index in [1.165, 1.54) is 21.3 Å². The van der Waals surface area contributed by atoms with Gasteiger partial charge in [-0.25, -0.2) is 0 Å². The third-order valence-corrected chi connectivity index (χ3v) is 6.72. The van der Waals surface area contributed by atoms with E-state index in [4.69, 9.17) is 23.7 Å². The molecule has 178 valence electrons. The number of methoxy groups -OCH3 is 4. The molecule has 5 rings (SSSR count). The summed E-state index contributed by atoms with van der Waals surface area (Å²) in [4.78, 5) is 28.6. The number of hydrogen-bond donors (Lipinski definition) is 1. The van der Waals surface area contributed by atoms with E-state index < -0.39 is 23.5 Å². The second-order valence-electron chi connectivity index (χ2n) is 8.43. The van der Waals surface area contributed by atoms with E-state index in [0.29, 0.717) is 35.2 Å². The van der Waals surface area contributed by atoms with Gasteiger partial charge in [0.05, 0.1) is 52.9 Å². The van der Waals surface area contributed by atoms with Crippen LogP contribution in [0.25, 0.3) is 0 Å². The maximum atomic E-state index is 13.5. The van der Waals surface area contributed by atoms with Gasteiger partial charge in [0.2, 0.25) is 17.6 Å². The number of ether oxygens (including phenoxy) is 5. The molecule has 2 amide bonds. The molecule has 2 saturated heterocycles. The molecule has 2 aromatic rings. The molecule has 0 radical (unpaired) electrons. The number of nitrogens with zero attached hydrogens (tertiary/aromatic N) is 1. The number of amides is 2. The van der Waals surface area contributed by atoms with Gasteiger partial charge < -0.3 is 33.9 Å². The summed E-state index contributed by atoms with van der Waals surface area (Å²) >= 11 is 0. The first-order chi connectivity index (χ1) is 16.4. The minimum atomic E-state index is -0.820. The lowest BCUT2D eigenvalue weighted by molar-refractivity contribution is -0.128. The van der Waals surface area contributed by atoms with Crippen LogP contribution in [0.1, 0.15) is 0 Å². The lowest BCUT2D eigenvalue weighted by atomic mass is 9.77. The molecule has 2 aromatic carbocycles. The fourth-order valence-electron chi connectivity index (χ4n) is 5.16. The van der Waals surface area contributed by atoms with Crippen molar-refractivity contribution in [2.24, 2.45) is 11.8 Å². The molecule has 1 spiro atoms. The van der Waals surface area contributed by atoms with Crippen molar-refractivity contribution in [1.82, 2.24) is 0 Å². The normalized spacial score (nSPS) is 26.4. The molecule has 3 heterocycles. The van der Waals surface area contributed by atoms with Crippen molar-refractivity contribution in [3.63, 3.8) is 0 Å². The summed E-state index contributed by atoms with van der Waals surface area (Å²) < 4.78 is 27.5. The van der Waals surface area contributed by atoms with Crippen LogP contribution in [0.3, 0.4) is 0 Å². The standard InChI is InChI=1S/C25H26N2O7/c1-30-16-7-5-15(6-8-16)27-13-25-10-9-17(34-25)20(21(25)24(27)29)23(28)26-14-11-18(31-2)22(33-4)19(12-14)32-3/h5-12,17,20-21H,13H2,1-4H3,(H,26,28)/t17-,20-,21+,25-/m1/s1. The van der Waals surface area contributed by atoms with Crippen LogP contribution in [-0.4, -0.2) is 58.5 Å². The Morgan fingerprint density at radius 3 is 2.29 bits per heavy atom. The highest BCUT2D eigenvalue weighted by molar-refractivity contribution is 6.05. The average molecular weight is 466 g/mol. The summed E-state index contributed by atoms with van der Waals surface area (Å²) in [5.41, 5.74) is 0.385. The number of carbonyl (C=O) groups excluding carboxylic acids is 2. The lowest BCUT2D eigenvalue weighted by Gasteiger charge is -2.24. The van der Waals surface area contributed by atoms with Gasteiger partial charge in [0.15, 0.2) is 11.5 Å². The summed E-state index contributed by atoms with van der Waals surface area (Å²) in [7, 11) is 6.11. The molecular formula is C25H26N2O7. The Balaban J connectivity index is 1.41. The SMILES string of the molecule is COc1ccc(N2C[C@@]34C=C[C@@H](O3)[C@@H](C(=O)Nc3cc(OC)c(OC)c(OC)c3)[C@H]4C2=O)cc1. The van der Waals surface area contributed by atoms with E-state index in [0.717, 1.165) is 5.69 Å². The number of hydrogen-bond acceptors (Lipinski definition) is 7. The zero-order valence-electron chi connectivity index (χ0n) is 19.4. The van der Waals surface area contributed by atoms with Gasteiger partial charge >= 0.3 is 0 Å². The Labute approximate surface area is 197 Å². The summed E-state index contributed by atoms with van der Waals surface area (Å²) in [6, 6.07) is 10.6. The molecule has 2 fully saturated rings. The number of benzene rings is 2. The third kappa shape index (κ3) is 3.27. The molecular weight excluding hydrogens is 440 g/mol. The first-order valence-corrected chi connectivity index (χ1v) is 10.9. The smallest absolute Gasteiger partial charge is 0.234 e. The maximum Gasteiger partial charge on any atom is 0.234 e. The van der Waals surface area contributed by atoms with E-state index in [1.54, 1.807) is 36.3 Å². The van der Waals surface area contributed by atoms with Gasteiger partial charge in [-0.1, -0.05) is 12.2 Å². The van der Waals surface area contributed by atoms with Crippen molar-refractivity contribution < 1.29 is 33.3 Å². The number of rotatable bonds is 7. The van der Waals surface area contributed by atoms with Crippen LogP contribution in [0.15, 0.2) is 48.6 Å². The van der Waals surface area contributed by atoms with Crippen LogP contribution >= 0.6 is 0 Å². The lowest BCUT2D eigenvalue weighted by Crippen LogP contribution is -2.41. The van der Waals surface area contributed by atoms with E-state index in [2.05, 4.69) is 5.32 Å². The number of fused-ring (bicyclic) bond motifs is 1. The van der Waals surface area contributed by atoms with Gasteiger partial charge in [-0.3, -0.25) is 9.59 Å². The van der Waals surface area contributed by atoms with Crippen LogP contribution < -0.4 is 29.2 Å². The predicted octanol–water partition coefficient (Wildman–Crippen LogP) is 2.65. The molecule has 0 unspecified atom stereocenters. The third-order valence-electron chi connectivity index (χ3n) is 6.72. The van der Waals surface area contributed by atoms with Crippen LogP contribution in [-0.2, 0) is 14.3 Å². The van der Waals surface area contributed by atoms with Crippen molar-refractivity contribution in [3.8, 4) is 23.0 Å². The van der Waals surface area contributed by atoms with Crippen LogP contribution in [0.2, 0.25) is 0 Å². The number of carbonyl (C=O) groups is 2. The van der Waals surface area contributed by atoms with Crippen molar-refractivity contribution in [2.75, 3.05) is 45.2 Å². The molecule has 3 aliphatic heterocycles. The fourth-order valence-corrected chi connectivity index (χ4v) is 5.16. The highest BCUT2D eigenvalue weighted by Crippen LogP contribution is 2.53. The Bertz CT molecular complexity index is 1140. The fraction of sp³-hybridized carbons (Fsp3) is 0.360. The molecule has 0 saturated carbocycles. The quantitative estimate of drug-likeness (QED) is 0.627. The van der Waals surface area contributed by atoms with Gasteiger partial charge in [-0.05, 0) is 24.3 Å². The minimum Gasteiger partial charge on any atom is -0.497 e. The van der Waals surface area contributed by atoms with Crippen molar-refractivity contribution in [1.29, 1.82) is 0 Å². The molecule has 4 atom stereocenters. The van der Waals surface area contributed by atoms with Crippen molar-refractivity contribution in [2.45, 2.75) is 11.7 Å². The van der Waals surface area contributed by atoms with E-state index in [-0.39, 0.29) is 11.8 Å². The zero-order valence-corrected chi connectivity index (χ0v) is 19.4. The summed E-state index contributed by atoms with van der Waals surface area (Å²) in [6.45, 7) is 0.351. The highest BCUT2D eigenvalue weighted by atomic mass is 16.5. The summed E-state index contributed by atoms with van der Waals surface area (Å²) in [6.07, 6.45) is 3.34. The Morgan fingerprint density at radius 1 is 1.03 bits per heavy atom. The minimum absolute atomic E-state index is 0.137. The van der Waals surface area contributed by atoms with E-state index >= 15 is 0 Å². The van der Waals surface area contributed by atoms with Gasteiger partial charge in [-0.2, -0.15) is 0 Å². The molecule has 2 bridgehead atoms. The van der Waals surface area contributed by atoms with Crippen LogP contribution in [0, 0.1) is 11.8 Å². The number of nitrogens with one attached hydrogen (secondary N) is 1. The van der Waals surface area contributed by atoms with Crippen LogP contribution in [0.5, 0.6) is 23.0 Å². The maximum absolute atomic E-state index is 13.5. The first kappa shape index (κ1) is 22.1. The highest BCUT2D eigenvalue weighted by Gasteiger charge is 2.67. The van der Waals surface area contributed by atoms with Gasteiger partial charge in [0, 0.05) is 23.5 Å². The van der Waals surface area contributed by atoms with Crippen molar-refractivity contribution in [3.05, 3.63) is 48.6 Å². The topological polar surface area (TPSA) is 95.6 Å². The molecule has 1 N–H and O–H groups in total. The number of anilines is 2. The predicted molar refractivity (Wildman–Crippen MR) is 124 cm³/mol. The average Bonchev–Trinajstić information content (AvgIpc) is 3.51. The summed E-state index contributed by atoms with van der Waals surface area (Å²) in [5.74, 6) is 0.234. The van der Waals surface area contributed by atoms with Gasteiger partial charge in [-0.15, -0.1) is 0 Å². The molecule has 9 heteroatoms. The van der Waals surface area contributed by atoms with E-state index in [1.807, 2.05) is 24.3 Å². The first-order valence-electron chi connectivity index (χ1n) is 10.9. The second kappa shape index (κ2) is 8.25. The molecule has 34 heavy (non-hydrogen) atoms. The summed E-state index contributed by atoms with van der Waals surface area (Å²) in [5, 5.41) is 2.91. The Kier molecular flexibility index (Phi) is 5.36. The molecule has 0 aliphatic carbocycles. The molecule has 0 aromatic heterocycles. The van der Waals surface area contributed by atoms with E-state index in [9.17, 15) is 9.59 Å². The van der Waals surface area contributed by atoms with Gasteiger partial charge in [0.1, 0.15) is 11.4 Å². The zero-order chi connectivity index (χ0) is 24.0. The van der Waals surface area contributed by atoms with Crippen molar-refractivity contribution >= 4 is 23.2 Å². The Hall–Kier alpha value is -3.72. The second-order valence-corrected chi connectivity index (χ2v) is 8.43. The largest absolute Gasteiger partial charge is 0.497 e. The van der Waals surface area contributed by atoms with Crippen LogP contribution in [0.4, 0.5) is 11.4 Å². The Morgan fingerprint density at radius 2 is 1.71 bits per heavy atom. The van der Waals surface area contributed by atoms with Gasteiger partial charge in [0.25, 0.3) is 0 Å².